The molecule has 0 saturated carbocycles. The SMILES string of the molecule is Cc1ccc(C)c(C(=O)CCC(=O)N2CCC(NC(=O)Nc3ccccc3)CC2)c1. The summed E-state index contributed by atoms with van der Waals surface area (Å²) in [5.74, 6) is 0.0135. The van der Waals surface area contributed by atoms with Gasteiger partial charge in [0.15, 0.2) is 5.78 Å². The lowest BCUT2D eigenvalue weighted by Crippen LogP contribution is -2.47. The number of para-hydroxylation sites is 1. The number of hydrogen-bond donors (Lipinski definition) is 2. The number of carbonyl (C=O) groups is 3. The van der Waals surface area contributed by atoms with E-state index >= 15 is 0 Å². The topological polar surface area (TPSA) is 78.5 Å². The molecule has 3 rings (SSSR count). The van der Waals surface area contributed by atoms with Crippen molar-refractivity contribution in [3.05, 3.63) is 65.2 Å². The normalized spacial score (nSPS) is 14.3. The summed E-state index contributed by atoms with van der Waals surface area (Å²) in [6, 6.07) is 14.9. The molecule has 0 spiro atoms. The molecule has 1 saturated heterocycles. The van der Waals surface area contributed by atoms with E-state index in [4.69, 9.17) is 0 Å². The van der Waals surface area contributed by atoms with Gasteiger partial charge in [-0.2, -0.15) is 0 Å². The lowest BCUT2D eigenvalue weighted by molar-refractivity contribution is -0.132. The predicted molar refractivity (Wildman–Crippen MR) is 118 cm³/mol. The number of urea groups is 1. The number of aryl methyl sites for hydroxylation is 2. The Kier molecular flexibility index (Phi) is 7.22. The Hall–Kier alpha value is -3.15. The molecule has 3 amide bonds. The van der Waals surface area contributed by atoms with E-state index in [2.05, 4.69) is 10.6 Å². The average Bonchev–Trinajstić information content (AvgIpc) is 2.74. The Bertz CT molecular complexity index is 903. The molecule has 0 unspecified atom stereocenters. The van der Waals surface area contributed by atoms with Crippen LogP contribution in [0.1, 0.15) is 47.2 Å². The number of hydrogen-bond acceptors (Lipinski definition) is 3. The summed E-state index contributed by atoms with van der Waals surface area (Å²) in [6.45, 7) is 5.06. The summed E-state index contributed by atoms with van der Waals surface area (Å²) in [6.07, 6.45) is 1.86. The van der Waals surface area contributed by atoms with Gasteiger partial charge in [0, 0.05) is 43.2 Å². The molecule has 6 heteroatoms. The van der Waals surface area contributed by atoms with Crippen LogP contribution in [0.15, 0.2) is 48.5 Å². The molecule has 2 aromatic carbocycles. The maximum Gasteiger partial charge on any atom is 0.319 e. The van der Waals surface area contributed by atoms with Gasteiger partial charge < -0.3 is 15.5 Å². The van der Waals surface area contributed by atoms with Crippen molar-refractivity contribution in [3.8, 4) is 0 Å². The van der Waals surface area contributed by atoms with Gasteiger partial charge in [0.2, 0.25) is 5.91 Å². The largest absolute Gasteiger partial charge is 0.343 e. The fourth-order valence-electron chi connectivity index (χ4n) is 3.70. The molecule has 0 atom stereocenters. The number of amides is 3. The van der Waals surface area contributed by atoms with Crippen LogP contribution < -0.4 is 10.6 Å². The van der Waals surface area contributed by atoms with E-state index in [1.807, 2.05) is 62.4 Å². The number of anilines is 1. The highest BCUT2D eigenvalue weighted by molar-refractivity contribution is 5.99. The Balaban J connectivity index is 1.41. The molecular weight excluding hydrogens is 378 g/mol. The van der Waals surface area contributed by atoms with Crippen LogP contribution >= 0.6 is 0 Å². The molecule has 0 radical (unpaired) electrons. The first-order chi connectivity index (χ1) is 14.4. The second kappa shape index (κ2) is 10.1. The fraction of sp³-hybridized carbons (Fsp3) is 0.375. The summed E-state index contributed by atoms with van der Waals surface area (Å²) in [7, 11) is 0. The van der Waals surface area contributed by atoms with Gasteiger partial charge in [0.1, 0.15) is 0 Å². The van der Waals surface area contributed by atoms with Gasteiger partial charge in [0.05, 0.1) is 0 Å². The average molecular weight is 408 g/mol. The van der Waals surface area contributed by atoms with E-state index in [-0.39, 0.29) is 36.6 Å². The smallest absolute Gasteiger partial charge is 0.319 e. The van der Waals surface area contributed by atoms with Gasteiger partial charge >= 0.3 is 6.03 Å². The van der Waals surface area contributed by atoms with E-state index in [1.54, 1.807) is 4.90 Å². The molecule has 0 bridgehead atoms. The summed E-state index contributed by atoms with van der Waals surface area (Å²) in [5.41, 5.74) is 3.44. The first-order valence-corrected chi connectivity index (χ1v) is 10.4. The van der Waals surface area contributed by atoms with Crippen LogP contribution in [0.5, 0.6) is 0 Å². The lowest BCUT2D eigenvalue weighted by atomic mass is 9.98. The molecule has 158 valence electrons. The van der Waals surface area contributed by atoms with E-state index < -0.39 is 0 Å². The first kappa shape index (κ1) is 21.6. The number of nitrogens with zero attached hydrogens (tertiary/aromatic N) is 1. The highest BCUT2D eigenvalue weighted by Gasteiger charge is 2.24. The van der Waals surface area contributed by atoms with Gasteiger partial charge in [-0.3, -0.25) is 9.59 Å². The van der Waals surface area contributed by atoms with E-state index in [1.165, 1.54) is 0 Å². The Labute approximate surface area is 177 Å². The van der Waals surface area contributed by atoms with Crippen LogP contribution in [0.25, 0.3) is 0 Å². The van der Waals surface area contributed by atoms with Crippen molar-refractivity contribution in [3.63, 3.8) is 0 Å². The maximum atomic E-state index is 12.5. The molecule has 1 heterocycles. The van der Waals surface area contributed by atoms with Crippen molar-refractivity contribution in [1.82, 2.24) is 10.2 Å². The molecule has 2 aromatic rings. The van der Waals surface area contributed by atoms with Crippen LogP contribution in [0, 0.1) is 13.8 Å². The molecule has 1 fully saturated rings. The zero-order valence-electron chi connectivity index (χ0n) is 17.6. The van der Waals surface area contributed by atoms with Gasteiger partial charge in [-0.05, 0) is 50.5 Å². The van der Waals surface area contributed by atoms with Crippen LogP contribution in [0.4, 0.5) is 10.5 Å². The molecular formula is C24H29N3O3. The van der Waals surface area contributed by atoms with Crippen molar-refractivity contribution < 1.29 is 14.4 Å². The first-order valence-electron chi connectivity index (χ1n) is 10.4. The van der Waals surface area contributed by atoms with Crippen LogP contribution in [0.3, 0.4) is 0 Å². The number of piperidine rings is 1. The Morgan fingerprint density at radius 1 is 0.967 bits per heavy atom. The van der Waals surface area contributed by atoms with Gasteiger partial charge in [-0.15, -0.1) is 0 Å². The third kappa shape index (κ3) is 5.92. The number of likely N-dealkylation sites (tertiary alicyclic amines) is 1. The third-order valence-corrected chi connectivity index (χ3v) is 5.47. The molecule has 2 N–H and O–H groups in total. The highest BCUT2D eigenvalue weighted by Crippen LogP contribution is 2.16. The number of ketones is 1. The van der Waals surface area contributed by atoms with Crippen molar-refractivity contribution >= 4 is 23.4 Å². The van der Waals surface area contributed by atoms with E-state index in [0.717, 1.165) is 16.8 Å². The summed E-state index contributed by atoms with van der Waals surface area (Å²) < 4.78 is 0. The van der Waals surface area contributed by atoms with Gasteiger partial charge in [-0.25, -0.2) is 4.79 Å². The molecule has 30 heavy (non-hydrogen) atoms. The van der Waals surface area contributed by atoms with Crippen molar-refractivity contribution in [1.29, 1.82) is 0 Å². The fourth-order valence-corrected chi connectivity index (χ4v) is 3.70. The second-order valence-electron chi connectivity index (χ2n) is 7.86. The quantitative estimate of drug-likeness (QED) is 0.708. The van der Waals surface area contributed by atoms with Crippen molar-refractivity contribution in [2.24, 2.45) is 0 Å². The predicted octanol–water partition coefficient (Wildman–Crippen LogP) is 4.08. The lowest BCUT2D eigenvalue weighted by Gasteiger charge is -2.32. The monoisotopic (exact) mass is 407 g/mol. The van der Waals surface area contributed by atoms with E-state index in [9.17, 15) is 14.4 Å². The molecule has 1 aliphatic heterocycles. The number of rotatable bonds is 6. The van der Waals surface area contributed by atoms with Crippen LogP contribution in [-0.2, 0) is 4.79 Å². The molecule has 0 aromatic heterocycles. The van der Waals surface area contributed by atoms with Crippen LogP contribution in [-0.4, -0.2) is 41.8 Å². The minimum atomic E-state index is -0.231. The molecule has 6 nitrogen and oxygen atoms in total. The standard InChI is InChI=1S/C24H29N3O3/c1-17-8-9-18(2)21(16-17)22(28)10-11-23(29)27-14-12-20(13-15-27)26-24(30)25-19-6-4-3-5-7-19/h3-9,16,20H,10-15H2,1-2H3,(H2,25,26,30). The Morgan fingerprint density at radius 2 is 1.67 bits per heavy atom. The number of carbonyl (C=O) groups excluding carboxylic acids is 3. The summed E-state index contributed by atoms with van der Waals surface area (Å²) in [4.78, 5) is 38.9. The summed E-state index contributed by atoms with van der Waals surface area (Å²) >= 11 is 0. The second-order valence-corrected chi connectivity index (χ2v) is 7.86. The number of nitrogens with one attached hydrogen (secondary N) is 2. The third-order valence-electron chi connectivity index (χ3n) is 5.47. The zero-order valence-corrected chi connectivity index (χ0v) is 17.6. The minimum Gasteiger partial charge on any atom is -0.343 e. The highest BCUT2D eigenvalue weighted by atomic mass is 16.2. The Morgan fingerprint density at radius 3 is 2.37 bits per heavy atom. The van der Waals surface area contributed by atoms with Gasteiger partial charge in [0.25, 0.3) is 0 Å². The number of benzene rings is 2. The minimum absolute atomic E-state index is 0.000781. The zero-order chi connectivity index (χ0) is 21.5. The summed E-state index contributed by atoms with van der Waals surface area (Å²) in [5, 5.41) is 5.78. The van der Waals surface area contributed by atoms with Crippen molar-refractivity contribution in [2.45, 2.75) is 45.6 Å². The van der Waals surface area contributed by atoms with Crippen LogP contribution in [0.2, 0.25) is 0 Å². The maximum absolute atomic E-state index is 12.5. The number of Topliss-reactive ketones (excluding diaryl/α,β-unsaturated/α-hetero) is 1. The molecule has 1 aliphatic rings. The van der Waals surface area contributed by atoms with Gasteiger partial charge in [-0.1, -0.05) is 35.9 Å². The van der Waals surface area contributed by atoms with Crippen molar-refractivity contribution in [2.75, 3.05) is 18.4 Å². The van der Waals surface area contributed by atoms with E-state index in [0.29, 0.717) is 31.5 Å². The molecule has 0 aliphatic carbocycles.